The van der Waals surface area contributed by atoms with Crippen molar-refractivity contribution in [3.05, 3.63) is 34.3 Å². The number of hydrogen-bond donors (Lipinski definition) is 0. The first-order chi connectivity index (χ1) is 7.25. The Morgan fingerprint density at radius 2 is 2.33 bits per heavy atom. The molecule has 0 N–H and O–H groups in total. The molecule has 15 heavy (non-hydrogen) atoms. The van der Waals surface area contributed by atoms with Crippen LogP contribution >= 0.6 is 15.9 Å². The molecule has 0 saturated carbocycles. The Balaban J connectivity index is 2.14. The van der Waals surface area contributed by atoms with Crippen molar-refractivity contribution in [1.29, 1.82) is 0 Å². The van der Waals surface area contributed by atoms with Gasteiger partial charge in [-0.2, -0.15) is 0 Å². The number of benzene rings is 1. The van der Waals surface area contributed by atoms with E-state index in [4.69, 9.17) is 4.74 Å². The first kappa shape index (κ1) is 10.1. The zero-order valence-corrected chi connectivity index (χ0v) is 9.45. The molecule has 1 aliphatic heterocycles. The van der Waals surface area contributed by atoms with E-state index in [2.05, 4.69) is 27.9 Å². The van der Waals surface area contributed by atoms with Crippen LogP contribution in [-0.2, 0) is 4.74 Å². The van der Waals surface area contributed by atoms with Crippen LogP contribution in [0.4, 0.5) is 4.79 Å². The molecule has 0 bridgehead atoms. The van der Waals surface area contributed by atoms with Gasteiger partial charge in [0.2, 0.25) is 0 Å². The lowest BCUT2D eigenvalue weighted by atomic mass is 10.2. The summed E-state index contributed by atoms with van der Waals surface area (Å²) in [5.41, 5.74) is 0.865. The summed E-state index contributed by atoms with van der Waals surface area (Å²) in [6.45, 7) is 0.964. The third kappa shape index (κ3) is 2.51. The van der Waals surface area contributed by atoms with Crippen molar-refractivity contribution < 1.29 is 9.53 Å². The molecule has 1 saturated heterocycles. The molecular weight excluding hydrogens is 258 g/mol. The minimum absolute atomic E-state index is 0.363. The Morgan fingerprint density at radius 1 is 1.47 bits per heavy atom. The fourth-order valence-electron chi connectivity index (χ4n) is 1.19. The van der Waals surface area contributed by atoms with Crippen molar-refractivity contribution in [2.45, 2.75) is 0 Å². The van der Waals surface area contributed by atoms with Crippen molar-refractivity contribution >= 4 is 22.0 Å². The zero-order chi connectivity index (χ0) is 10.7. The first-order valence-corrected chi connectivity index (χ1v) is 5.26. The van der Waals surface area contributed by atoms with E-state index >= 15 is 0 Å². The van der Waals surface area contributed by atoms with Crippen molar-refractivity contribution in [1.82, 2.24) is 4.90 Å². The van der Waals surface area contributed by atoms with Gasteiger partial charge in [0, 0.05) is 16.1 Å². The molecule has 2 rings (SSSR count). The van der Waals surface area contributed by atoms with Gasteiger partial charge < -0.3 is 4.74 Å². The smallest absolute Gasteiger partial charge is 0.421 e. The van der Waals surface area contributed by atoms with Crippen molar-refractivity contribution in [3.8, 4) is 12.0 Å². The van der Waals surface area contributed by atoms with E-state index in [0.29, 0.717) is 13.2 Å². The average Bonchev–Trinajstić information content (AvgIpc) is 2.61. The highest BCUT2D eigenvalue weighted by Gasteiger charge is 2.19. The number of rotatable bonds is 0. The summed E-state index contributed by atoms with van der Waals surface area (Å²) in [6, 6.07) is 10.4. The predicted octanol–water partition coefficient (Wildman–Crippen LogP) is 2.21. The number of halogens is 1. The average molecular weight is 266 g/mol. The number of hydrogen-bond acceptors (Lipinski definition) is 2. The molecule has 0 unspecified atom stereocenters. The molecule has 76 valence electrons. The molecule has 0 aromatic heterocycles. The van der Waals surface area contributed by atoms with E-state index in [1.807, 2.05) is 24.3 Å². The van der Waals surface area contributed by atoms with Gasteiger partial charge in [0.05, 0.1) is 6.54 Å². The number of nitrogens with zero attached hydrogens (tertiary/aromatic N) is 1. The molecule has 1 heterocycles. The molecule has 1 fully saturated rings. The lowest BCUT2D eigenvalue weighted by Crippen LogP contribution is -2.17. The molecule has 0 radical (unpaired) electrons. The van der Waals surface area contributed by atoms with E-state index in [-0.39, 0.29) is 6.09 Å². The van der Waals surface area contributed by atoms with Crippen molar-refractivity contribution in [2.24, 2.45) is 0 Å². The van der Waals surface area contributed by atoms with Crippen LogP contribution in [0.15, 0.2) is 28.7 Å². The Bertz CT molecular complexity index is 447. The van der Waals surface area contributed by atoms with E-state index in [1.54, 1.807) is 0 Å². The van der Waals surface area contributed by atoms with Crippen molar-refractivity contribution in [2.75, 3.05) is 13.2 Å². The van der Waals surface area contributed by atoms with E-state index < -0.39 is 0 Å². The topological polar surface area (TPSA) is 29.5 Å². The quantitative estimate of drug-likeness (QED) is 0.674. The highest BCUT2D eigenvalue weighted by Crippen LogP contribution is 2.10. The molecule has 1 amide bonds. The van der Waals surface area contributed by atoms with E-state index in [1.165, 1.54) is 4.90 Å². The summed E-state index contributed by atoms with van der Waals surface area (Å²) in [7, 11) is 0. The molecule has 4 heteroatoms. The van der Waals surface area contributed by atoms with Gasteiger partial charge in [-0.15, -0.1) is 0 Å². The summed E-state index contributed by atoms with van der Waals surface area (Å²) in [5, 5.41) is 0. The van der Waals surface area contributed by atoms with Crippen LogP contribution in [0.2, 0.25) is 0 Å². The first-order valence-electron chi connectivity index (χ1n) is 4.47. The summed E-state index contributed by atoms with van der Waals surface area (Å²) in [5.74, 6) is 2.90. The summed E-state index contributed by atoms with van der Waals surface area (Å²) < 4.78 is 5.72. The van der Waals surface area contributed by atoms with Crippen LogP contribution < -0.4 is 0 Å². The number of carbonyl (C=O) groups excluding carboxylic acids is 1. The van der Waals surface area contributed by atoms with Crippen LogP contribution in [0.25, 0.3) is 0 Å². The molecule has 1 aromatic carbocycles. The number of ether oxygens (including phenoxy) is 1. The van der Waals surface area contributed by atoms with Gasteiger partial charge >= 0.3 is 6.09 Å². The Kier molecular flexibility index (Phi) is 2.93. The largest absolute Gasteiger partial charge is 0.447 e. The van der Waals surface area contributed by atoms with Crippen LogP contribution in [0.5, 0.6) is 0 Å². The highest BCUT2D eigenvalue weighted by molar-refractivity contribution is 9.10. The predicted molar refractivity (Wildman–Crippen MR) is 59.1 cm³/mol. The number of carbonyl (C=O) groups is 1. The Labute approximate surface area is 96.2 Å². The number of amides is 1. The van der Waals surface area contributed by atoms with Gasteiger partial charge in [0.25, 0.3) is 0 Å². The monoisotopic (exact) mass is 265 g/mol. The highest BCUT2D eigenvalue weighted by atomic mass is 79.9. The second kappa shape index (κ2) is 4.37. The maximum absolute atomic E-state index is 11.1. The maximum Gasteiger partial charge on any atom is 0.421 e. The molecule has 3 nitrogen and oxygen atoms in total. The second-order valence-electron chi connectivity index (χ2n) is 3.01. The Hall–Kier alpha value is -1.47. The van der Waals surface area contributed by atoms with Crippen LogP contribution in [0, 0.1) is 12.0 Å². The standard InChI is InChI=1S/C11H8BrNO2/c12-10-3-1-2-9(8-10)4-5-13-6-7-15-11(13)14/h1-3,8H,6-7H2. The van der Waals surface area contributed by atoms with E-state index in [9.17, 15) is 4.79 Å². The van der Waals surface area contributed by atoms with Crippen LogP contribution in [0.3, 0.4) is 0 Å². The maximum atomic E-state index is 11.1. The fourth-order valence-corrected chi connectivity index (χ4v) is 1.59. The lowest BCUT2D eigenvalue weighted by Gasteiger charge is -1.99. The minimum atomic E-state index is -0.363. The minimum Gasteiger partial charge on any atom is -0.447 e. The lowest BCUT2D eigenvalue weighted by molar-refractivity contribution is 0.167. The molecule has 1 aliphatic rings. The summed E-state index contributed by atoms with van der Waals surface area (Å²) >= 11 is 3.35. The molecule has 1 aromatic rings. The van der Waals surface area contributed by atoms with Crippen LogP contribution in [0.1, 0.15) is 5.56 Å². The van der Waals surface area contributed by atoms with Gasteiger partial charge in [0.1, 0.15) is 6.61 Å². The third-order valence-corrected chi connectivity index (χ3v) is 2.41. The zero-order valence-electron chi connectivity index (χ0n) is 7.87. The van der Waals surface area contributed by atoms with Gasteiger partial charge in [0.15, 0.2) is 0 Å². The van der Waals surface area contributed by atoms with Crippen LogP contribution in [-0.4, -0.2) is 24.1 Å². The van der Waals surface area contributed by atoms with E-state index in [0.717, 1.165) is 10.0 Å². The van der Waals surface area contributed by atoms with Gasteiger partial charge in [-0.25, -0.2) is 9.69 Å². The Morgan fingerprint density at radius 3 is 3.00 bits per heavy atom. The molecule has 0 spiro atoms. The molecule has 0 atom stereocenters. The third-order valence-electron chi connectivity index (χ3n) is 1.92. The van der Waals surface area contributed by atoms with Crippen molar-refractivity contribution in [3.63, 3.8) is 0 Å². The molecular formula is C11H8BrNO2. The van der Waals surface area contributed by atoms with Gasteiger partial charge in [-0.1, -0.05) is 22.0 Å². The number of cyclic esters (lactones) is 1. The van der Waals surface area contributed by atoms with Gasteiger partial charge in [-0.3, -0.25) is 0 Å². The second-order valence-corrected chi connectivity index (χ2v) is 3.93. The SMILES string of the molecule is O=C1OCCN1C#Cc1cccc(Br)c1. The summed E-state index contributed by atoms with van der Waals surface area (Å²) in [6.07, 6.45) is -0.363. The fraction of sp³-hybridized carbons (Fsp3) is 0.182. The molecule has 0 aliphatic carbocycles. The summed E-state index contributed by atoms with van der Waals surface area (Å²) in [4.78, 5) is 12.4. The normalized spacial score (nSPS) is 14.5. The van der Waals surface area contributed by atoms with Gasteiger partial charge in [-0.05, 0) is 24.1 Å².